The van der Waals surface area contributed by atoms with Crippen LogP contribution >= 0.6 is 23.1 Å². The smallest absolute Gasteiger partial charge is 0.304 e. The molecule has 0 spiro atoms. The summed E-state index contributed by atoms with van der Waals surface area (Å²) in [5.74, 6) is 0.229. The van der Waals surface area contributed by atoms with E-state index in [1.54, 1.807) is 11.3 Å². The number of hydrogen-bond acceptors (Lipinski definition) is 5. The molecule has 7 heteroatoms. The number of rotatable bonds is 4. The maximum absolute atomic E-state index is 12.3. The highest BCUT2D eigenvalue weighted by molar-refractivity contribution is 7.99. The number of H-pyrrole nitrogens is 1. The monoisotopic (exact) mass is 324 g/mol. The van der Waals surface area contributed by atoms with E-state index in [-0.39, 0.29) is 12.0 Å². The Morgan fingerprint density at radius 2 is 2.38 bits per heavy atom. The van der Waals surface area contributed by atoms with Crippen LogP contribution in [0.2, 0.25) is 0 Å². The van der Waals surface area contributed by atoms with Crippen LogP contribution < -0.4 is 5.56 Å². The van der Waals surface area contributed by atoms with Crippen molar-refractivity contribution in [2.45, 2.75) is 37.8 Å². The molecule has 1 aliphatic rings. The van der Waals surface area contributed by atoms with E-state index in [1.165, 1.54) is 22.2 Å². The summed E-state index contributed by atoms with van der Waals surface area (Å²) in [6.07, 6.45) is 3.16. The first-order valence-corrected chi connectivity index (χ1v) is 8.74. The van der Waals surface area contributed by atoms with Crippen molar-refractivity contribution in [3.8, 4) is 0 Å². The molecule has 0 amide bonds. The Balaban J connectivity index is 1.93. The first kappa shape index (κ1) is 14.6. The number of aliphatic carboxylic acids is 1. The number of carboxylic acid groups (broad SMARTS) is 1. The highest BCUT2D eigenvalue weighted by Crippen LogP contribution is 2.36. The first-order chi connectivity index (χ1) is 10.0. The molecule has 1 atom stereocenters. The second-order valence-electron chi connectivity index (χ2n) is 5.40. The van der Waals surface area contributed by atoms with E-state index in [4.69, 9.17) is 5.11 Å². The van der Waals surface area contributed by atoms with E-state index in [1.807, 2.05) is 0 Å². The highest BCUT2D eigenvalue weighted by atomic mass is 32.2. The Morgan fingerprint density at radius 3 is 3.14 bits per heavy atom. The molecular weight excluding hydrogens is 308 g/mol. The molecule has 0 bridgehead atoms. The van der Waals surface area contributed by atoms with Gasteiger partial charge in [-0.25, -0.2) is 4.98 Å². The molecule has 0 saturated carbocycles. The molecule has 3 rings (SSSR count). The third-order valence-corrected chi connectivity index (χ3v) is 5.72. The van der Waals surface area contributed by atoms with Gasteiger partial charge in [0, 0.05) is 10.6 Å². The molecular formula is C14H16N2O3S2. The van der Waals surface area contributed by atoms with Crippen molar-refractivity contribution < 1.29 is 9.90 Å². The zero-order valence-corrected chi connectivity index (χ0v) is 13.3. The van der Waals surface area contributed by atoms with Crippen LogP contribution in [0.5, 0.6) is 0 Å². The van der Waals surface area contributed by atoms with Crippen LogP contribution in [0.4, 0.5) is 0 Å². The quantitative estimate of drug-likeness (QED) is 0.667. The Hall–Kier alpha value is -1.34. The van der Waals surface area contributed by atoms with Crippen LogP contribution in [-0.4, -0.2) is 26.8 Å². The molecule has 2 N–H and O–H groups in total. The van der Waals surface area contributed by atoms with Gasteiger partial charge < -0.3 is 10.1 Å². The Kier molecular flexibility index (Phi) is 4.03. The van der Waals surface area contributed by atoms with Crippen molar-refractivity contribution in [3.63, 3.8) is 0 Å². The summed E-state index contributed by atoms with van der Waals surface area (Å²) in [5, 5.41) is 9.90. The number of fused-ring (bicyclic) bond motifs is 3. The molecule has 2 aromatic heterocycles. The van der Waals surface area contributed by atoms with Gasteiger partial charge in [0.05, 0.1) is 11.8 Å². The summed E-state index contributed by atoms with van der Waals surface area (Å²) in [6, 6.07) is 0. The summed E-state index contributed by atoms with van der Waals surface area (Å²) in [4.78, 5) is 32.2. The molecule has 0 fully saturated rings. The molecule has 2 heterocycles. The second kappa shape index (κ2) is 5.81. The van der Waals surface area contributed by atoms with Crippen molar-refractivity contribution in [3.05, 3.63) is 20.8 Å². The summed E-state index contributed by atoms with van der Waals surface area (Å²) in [5.41, 5.74) is 1.08. The molecule has 1 aliphatic carbocycles. The van der Waals surface area contributed by atoms with Gasteiger partial charge >= 0.3 is 5.97 Å². The number of aromatic nitrogens is 2. The van der Waals surface area contributed by atoms with E-state index in [9.17, 15) is 9.59 Å². The van der Waals surface area contributed by atoms with E-state index in [2.05, 4.69) is 16.9 Å². The third-order valence-electron chi connectivity index (χ3n) is 3.70. The Labute approximate surface area is 129 Å². The van der Waals surface area contributed by atoms with Gasteiger partial charge in [-0.1, -0.05) is 18.7 Å². The number of nitrogens with zero attached hydrogens (tertiary/aromatic N) is 1. The fourth-order valence-electron chi connectivity index (χ4n) is 2.63. The SMILES string of the molecule is CC1CCc2c(sc3nc(SCCC(=O)O)[nH]c(=O)c23)C1. The number of carbonyl (C=O) groups is 1. The fourth-order valence-corrected chi connectivity index (χ4v) is 4.86. The first-order valence-electron chi connectivity index (χ1n) is 6.93. The molecule has 21 heavy (non-hydrogen) atoms. The van der Waals surface area contributed by atoms with Crippen LogP contribution in [-0.2, 0) is 17.6 Å². The topological polar surface area (TPSA) is 83.0 Å². The lowest BCUT2D eigenvalue weighted by atomic mass is 9.89. The molecule has 5 nitrogen and oxygen atoms in total. The summed E-state index contributed by atoms with van der Waals surface area (Å²) < 4.78 is 0. The van der Waals surface area contributed by atoms with Crippen molar-refractivity contribution in [1.29, 1.82) is 0 Å². The zero-order valence-electron chi connectivity index (χ0n) is 11.6. The van der Waals surface area contributed by atoms with Crippen molar-refractivity contribution in [1.82, 2.24) is 9.97 Å². The molecule has 1 unspecified atom stereocenters. The number of aryl methyl sites for hydroxylation is 1. The van der Waals surface area contributed by atoms with E-state index in [0.717, 1.165) is 29.5 Å². The minimum Gasteiger partial charge on any atom is -0.481 e. The van der Waals surface area contributed by atoms with Crippen molar-refractivity contribution in [2.24, 2.45) is 5.92 Å². The minimum absolute atomic E-state index is 0.0604. The second-order valence-corrected chi connectivity index (χ2v) is 7.56. The average molecular weight is 324 g/mol. The van der Waals surface area contributed by atoms with Gasteiger partial charge in [0.25, 0.3) is 5.56 Å². The summed E-state index contributed by atoms with van der Waals surface area (Å²) in [6.45, 7) is 2.23. The lowest BCUT2D eigenvalue weighted by Crippen LogP contribution is -2.13. The third kappa shape index (κ3) is 2.98. The van der Waals surface area contributed by atoms with Gasteiger partial charge in [-0.15, -0.1) is 11.3 Å². The van der Waals surface area contributed by atoms with Gasteiger partial charge in [0.15, 0.2) is 5.16 Å². The molecule has 0 radical (unpaired) electrons. The minimum atomic E-state index is -0.841. The van der Waals surface area contributed by atoms with Crippen LogP contribution in [0.1, 0.15) is 30.2 Å². The Bertz CT molecular complexity index is 750. The van der Waals surface area contributed by atoms with Crippen molar-refractivity contribution in [2.75, 3.05) is 5.75 Å². The number of thioether (sulfide) groups is 1. The number of carboxylic acids is 1. The van der Waals surface area contributed by atoms with E-state index < -0.39 is 5.97 Å². The standard InChI is InChI=1S/C14H16N2O3S2/c1-7-2-3-8-9(6-7)21-13-11(8)12(19)15-14(16-13)20-5-4-10(17)18/h7H,2-6H2,1H3,(H,17,18)(H,15,16,19). The van der Waals surface area contributed by atoms with Crippen LogP contribution in [0.15, 0.2) is 9.95 Å². The molecule has 0 aromatic carbocycles. The maximum atomic E-state index is 12.3. The molecule has 0 saturated heterocycles. The number of aromatic amines is 1. The van der Waals surface area contributed by atoms with E-state index in [0.29, 0.717) is 16.8 Å². The lowest BCUT2D eigenvalue weighted by Gasteiger charge is -2.17. The summed E-state index contributed by atoms with van der Waals surface area (Å²) >= 11 is 2.89. The lowest BCUT2D eigenvalue weighted by molar-refractivity contribution is -0.136. The van der Waals surface area contributed by atoms with Gasteiger partial charge in [-0.2, -0.15) is 0 Å². The van der Waals surface area contributed by atoms with Gasteiger partial charge in [-0.3, -0.25) is 9.59 Å². The fraction of sp³-hybridized carbons (Fsp3) is 0.500. The van der Waals surface area contributed by atoms with Crippen molar-refractivity contribution >= 4 is 39.3 Å². The van der Waals surface area contributed by atoms with Crippen LogP contribution in [0.25, 0.3) is 10.2 Å². The van der Waals surface area contributed by atoms with E-state index >= 15 is 0 Å². The zero-order chi connectivity index (χ0) is 15.0. The molecule has 0 aliphatic heterocycles. The van der Waals surface area contributed by atoms with Crippen LogP contribution in [0.3, 0.4) is 0 Å². The van der Waals surface area contributed by atoms with Gasteiger partial charge in [0.1, 0.15) is 4.83 Å². The molecule has 2 aromatic rings. The largest absolute Gasteiger partial charge is 0.481 e. The number of hydrogen-bond donors (Lipinski definition) is 2. The number of nitrogens with one attached hydrogen (secondary N) is 1. The molecule has 112 valence electrons. The Morgan fingerprint density at radius 1 is 1.57 bits per heavy atom. The highest BCUT2D eigenvalue weighted by Gasteiger charge is 2.23. The summed E-state index contributed by atoms with van der Waals surface area (Å²) in [7, 11) is 0. The average Bonchev–Trinajstić information content (AvgIpc) is 2.75. The predicted molar refractivity (Wildman–Crippen MR) is 84.4 cm³/mol. The maximum Gasteiger partial charge on any atom is 0.304 e. The van der Waals surface area contributed by atoms with Gasteiger partial charge in [-0.05, 0) is 30.7 Å². The predicted octanol–water partition coefficient (Wildman–Crippen LogP) is 2.68. The number of thiophene rings is 1. The normalized spacial score (nSPS) is 17.9. The van der Waals surface area contributed by atoms with Crippen LogP contribution in [0, 0.1) is 5.92 Å². The van der Waals surface area contributed by atoms with Gasteiger partial charge in [0.2, 0.25) is 0 Å².